The number of hydrogen-bond donors (Lipinski definition) is 1. The van der Waals surface area contributed by atoms with Crippen LogP contribution in [-0.2, 0) is 16.6 Å². The Kier molecular flexibility index (Phi) is 4.72. The zero-order chi connectivity index (χ0) is 17.4. The summed E-state index contributed by atoms with van der Waals surface area (Å²) in [6.45, 7) is 3.92. The highest BCUT2D eigenvalue weighted by molar-refractivity contribution is 7.92. The van der Waals surface area contributed by atoms with E-state index in [0.717, 1.165) is 15.9 Å². The monoisotopic (exact) mass is 356 g/mol. The molecule has 0 bridgehead atoms. The van der Waals surface area contributed by atoms with Gasteiger partial charge in [0.1, 0.15) is 10.6 Å². The Balaban J connectivity index is 2.48. The summed E-state index contributed by atoms with van der Waals surface area (Å²) >= 11 is 6.04. The number of anilines is 1. The fourth-order valence-corrected chi connectivity index (χ4v) is 3.54. The molecule has 1 N–H and O–H groups in total. The predicted octanol–water partition coefficient (Wildman–Crippen LogP) is 2.99. The summed E-state index contributed by atoms with van der Waals surface area (Å²) in [4.78, 5) is 11.1. The van der Waals surface area contributed by atoms with Crippen LogP contribution in [-0.4, -0.2) is 31.1 Å². The number of benzene rings is 1. The van der Waals surface area contributed by atoms with Crippen molar-refractivity contribution in [2.75, 3.05) is 11.4 Å². The minimum absolute atomic E-state index is 0.0681. The normalized spacial score (nSPS) is 11.5. The first kappa shape index (κ1) is 17.4. The highest BCUT2D eigenvalue weighted by atomic mass is 35.5. The second-order valence-corrected chi connectivity index (χ2v) is 7.43. The van der Waals surface area contributed by atoms with Gasteiger partial charge in [0.2, 0.25) is 0 Å². The van der Waals surface area contributed by atoms with Crippen molar-refractivity contribution in [3.63, 3.8) is 0 Å². The molecule has 0 amide bonds. The van der Waals surface area contributed by atoms with Crippen LogP contribution in [0.1, 0.15) is 23.0 Å². The number of carboxylic acid groups (broad SMARTS) is 1. The van der Waals surface area contributed by atoms with E-state index in [1.807, 2.05) is 6.92 Å². The van der Waals surface area contributed by atoms with Crippen LogP contribution in [0.25, 0.3) is 0 Å². The van der Waals surface area contributed by atoms with Crippen LogP contribution < -0.4 is 4.31 Å². The maximum atomic E-state index is 12.7. The zero-order valence-corrected chi connectivity index (χ0v) is 14.5. The van der Waals surface area contributed by atoms with E-state index in [1.54, 1.807) is 25.1 Å². The number of carboxylic acids is 1. The van der Waals surface area contributed by atoms with Crippen molar-refractivity contribution in [3.8, 4) is 0 Å². The van der Waals surface area contributed by atoms with Gasteiger partial charge in [0.25, 0.3) is 10.0 Å². The van der Waals surface area contributed by atoms with Gasteiger partial charge in [-0.05, 0) is 37.6 Å². The number of aryl methyl sites for hydroxylation is 2. The third-order valence-corrected chi connectivity index (χ3v) is 5.77. The first-order valence-corrected chi connectivity index (χ1v) is 8.68. The molecule has 2 aromatic rings. The number of hydrogen-bond acceptors (Lipinski definition) is 3. The van der Waals surface area contributed by atoms with Crippen LogP contribution in [0.3, 0.4) is 0 Å². The number of sulfonamides is 1. The molecular weight excluding hydrogens is 340 g/mol. The molecule has 0 unspecified atom stereocenters. The minimum atomic E-state index is -3.88. The first-order chi connectivity index (χ1) is 10.7. The van der Waals surface area contributed by atoms with Gasteiger partial charge >= 0.3 is 5.97 Å². The van der Waals surface area contributed by atoms with E-state index in [-0.39, 0.29) is 10.6 Å². The average molecular weight is 357 g/mol. The fraction of sp³-hybridized carbons (Fsp3) is 0.267. The molecule has 0 saturated carbocycles. The topological polar surface area (TPSA) is 79.6 Å². The van der Waals surface area contributed by atoms with E-state index in [4.69, 9.17) is 16.7 Å². The molecule has 1 aromatic heterocycles. The van der Waals surface area contributed by atoms with Gasteiger partial charge < -0.3 is 9.67 Å². The Hall–Kier alpha value is -1.99. The van der Waals surface area contributed by atoms with Crippen molar-refractivity contribution in [3.05, 3.63) is 46.7 Å². The summed E-state index contributed by atoms with van der Waals surface area (Å²) in [5.41, 5.74) is 1.18. The Morgan fingerprint density at radius 3 is 2.48 bits per heavy atom. The van der Waals surface area contributed by atoms with Gasteiger partial charge in [0, 0.05) is 24.8 Å². The molecule has 0 aliphatic carbocycles. The summed E-state index contributed by atoms with van der Waals surface area (Å²) in [7, 11) is -2.47. The Labute approximate surface area is 140 Å². The first-order valence-electron chi connectivity index (χ1n) is 6.87. The van der Waals surface area contributed by atoms with Crippen LogP contribution in [0.5, 0.6) is 0 Å². The molecule has 0 fully saturated rings. The minimum Gasteiger partial charge on any atom is -0.477 e. The lowest BCUT2D eigenvalue weighted by molar-refractivity contribution is 0.0685. The van der Waals surface area contributed by atoms with Crippen molar-refractivity contribution in [2.45, 2.75) is 25.3 Å². The highest BCUT2D eigenvalue weighted by Gasteiger charge is 2.25. The summed E-state index contributed by atoms with van der Waals surface area (Å²) in [5.74, 6) is -1.17. The van der Waals surface area contributed by atoms with Gasteiger partial charge in [0.15, 0.2) is 0 Å². The summed E-state index contributed by atoms with van der Waals surface area (Å²) in [5, 5.41) is 9.61. The molecule has 0 aliphatic rings. The fourth-order valence-electron chi connectivity index (χ4n) is 2.14. The Morgan fingerprint density at radius 2 is 2.00 bits per heavy atom. The lowest BCUT2D eigenvalue weighted by atomic mass is 10.2. The van der Waals surface area contributed by atoms with E-state index in [9.17, 15) is 13.2 Å². The summed E-state index contributed by atoms with van der Waals surface area (Å²) in [6.07, 6.45) is 1.32. The number of rotatable bonds is 5. The van der Waals surface area contributed by atoms with Crippen LogP contribution >= 0.6 is 11.6 Å². The van der Waals surface area contributed by atoms with Crippen LogP contribution in [0.15, 0.2) is 35.4 Å². The predicted molar refractivity (Wildman–Crippen MR) is 88.8 cm³/mol. The quantitative estimate of drug-likeness (QED) is 0.893. The average Bonchev–Trinajstić information content (AvgIpc) is 2.94. The SMILES string of the molecule is CCn1cc(S(=O)(=O)N(C)c2ccc(C)c(Cl)c2)cc1C(=O)O. The molecule has 2 rings (SSSR count). The summed E-state index contributed by atoms with van der Waals surface area (Å²) in [6, 6.07) is 6.09. The van der Waals surface area contributed by atoms with E-state index < -0.39 is 16.0 Å². The Bertz CT molecular complexity index is 858. The highest BCUT2D eigenvalue weighted by Crippen LogP contribution is 2.27. The molecule has 0 radical (unpaired) electrons. The molecular formula is C15H17ClN2O4S. The smallest absolute Gasteiger partial charge is 0.352 e. The molecule has 1 aromatic carbocycles. The van der Waals surface area contributed by atoms with Crippen molar-refractivity contribution in [1.29, 1.82) is 0 Å². The van der Waals surface area contributed by atoms with Gasteiger partial charge in [-0.1, -0.05) is 17.7 Å². The third kappa shape index (κ3) is 3.20. The largest absolute Gasteiger partial charge is 0.477 e. The van der Waals surface area contributed by atoms with Crippen molar-refractivity contribution >= 4 is 33.3 Å². The Morgan fingerprint density at radius 1 is 1.35 bits per heavy atom. The van der Waals surface area contributed by atoms with E-state index >= 15 is 0 Å². The molecule has 0 spiro atoms. The molecule has 124 valence electrons. The second kappa shape index (κ2) is 6.25. The maximum Gasteiger partial charge on any atom is 0.352 e. The van der Waals surface area contributed by atoms with Gasteiger partial charge in [0.05, 0.1) is 5.69 Å². The number of carbonyl (C=O) groups is 1. The molecule has 8 heteroatoms. The van der Waals surface area contributed by atoms with Gasteiger partial charge in [-0.3, -0.25) is 4.31 Å². The van der Waals surface area contributed by atoms with Crippen LogP contribution in [0.2, 0.25) is 5.02 Å². The van der Waals surface area contributed by atoms with E-state index in [0.29, 0.717) is 17.3 Å². The molecule has 0 saturated heterocycles. The number of aromatic carboxylic acids is 1. The van der Waals surface area contributed by atoms with E-state index in [2.05, 4.69) is 0 Å². The molecule has 6 nitrogen and oxygen atoms in total. The van der Waals surface area contributed by atoms with Gasteiger partial charge in [-0.2, -0.15) is 0 Å². The molecule has 23 heavy (non-hydrogen) atoms. The third-order valence-electron chi connectivity index (χ3n) is 3.61. The number of halogens is 1. The molecule has 0 aliphatic heterocycles. The number of aromatic nitrogens is 1. The molecule has 0 atom stereocenters. The second-order valence-electron chi connectivity index (χ2n) is 5.06. The lowest BCUT2D eigenvalue weighted by Crippen LogP contribution is -2.26. The van der Waals surface area contributed by atoms with Crippen molar-refractivity contribution in [2.24, 2.45) is 0 Å². The van der Waals surface area contributed by atoms with Crippen molar-refractivity contribution < 1.29 is 18.3 Å². The zero-order valence-electron chi connectivity index (χ0n) is 12.9. The van der Waals surface area contributed by atoms with Crippen molar-refractivity contribution in [1.82, 2.24) is 4.57 Å². The molecule has 1 heterocycles. The lowest BCUT2D eigenvalue weighted by Gasteiger charge is -2.19. The number of nitrogens with zero attached hydrogens (tertiary/aromatic N) is 2. The van der Waals surface area contributed by atoms with Gasteiger partial charge in [-0.25, -0.2) is 13.2 Å². The van der Waals surface area contributed by atoms with Crippen LogP contribution in [0, 0.1) is 6.92 Å². The van der Waals surface area contributed by atoms with E-state index in [1.165, 1.54) is 17.8 Å². The summed E-state index contributed by atoms with van der Waals surface area (Å²) < 4.78 is 27.9. The maximum absolute atomic E-state index is 12.7. The van der Waals surface area contributed by atoms with Gasteiger partial charge in [-0.15, -0.1) is 0 Å². The van der Waals surface area contributed by atoms with Crippen LogP contribution in [0.4, 0.5) is 5.69 Å². The standard InChI is InChI=1S/C15H17ClN2O4S/c1-4-18-9-12(8-14(18)15(19)20)23(21,22)17(3)11-6-5-10(2)13(16)7-11/h5-9H,4H2,1-3H3,(H,19,20).